The first-order valence-corrected chi connectivity index (χ1v) is 9.49. The van der Waals surface area contributed by atoms with Crippen molar-refractivity contribution in [3.63, 3.8) is 0 Å². The molecule has 0 bridgehead atoms. The van der Waals surface area contributed by atoms with E-state index in [9.17, 15) is 10.1 Å². The fraction of sp³-hybridized carbons (Fsp3) is 0.143. The average Bonchev–Trinajstić information content (AvgIpc) is 3.02. The van der Waals surface area contributed by atoms with Gasteiger partial charge in [0.25, 0.3) is 5.91 Å². The molecular formula is C21H18N4OS. The van der Waals surface area contributed by atoms with Crippen LogP contribution in [0.4, 0.5) is 16.4 Å². The maximum atomic E-state index is 13.1. The Balaban J connectivity index is 1.62. The highest BCUT2D eigenvalue weighted by atomic mass is 32.1. The number of nitrogens with one attached hydrogen (secondary N) is 1. The lowest BCUT2D eigenvalue weighted by Crippen LogP contribution is -2.35. The van der Waals surface area contributed by atoms with Crippen LogP contribution in [-0.2, 0) is 13.0 Å². The topological polar surface area (TPSA) is 82.2 Å². The third-order valence-electron chi connectivity index (χ3n) is 4.70. The van der Waals surface area contributed by atoms with Crippen LogP contribution in [0.2, 0.25) is 0 Å². The molecule has 1 aliphatic heterocycles. The lowest BCUT2D eigenvalue weighted by molar-refractivity contribution is 0.0740. The molecule has 0 unspecified atom stereocenters. The largest absolute Gasteiger partial charge is 0.396 e. The predicted molar refractivity (Wildman–Crippen MR) is 108 cm³/mol. The Kier molecular flexibility index (Phi) is 4.53. The van der Waals surface area contributed by atoms with E-state index in [1.54, 1.807) is 4.90 Å². The molecule has 2 heterocycles. The second-order valence-corrected chi connectivity index (χ2v) is 7.42. The number of hydrogen-bond donors (Lipinski definition) is 2. The highest BCUT2D eigenvalue weighted by molar-refractivity contribution is 7.19. The third-order valence-corrected chi connectivity index (χ3v) is 5.81. The highest BCUT2D eigenvalue weighted by Crippen LogP contribution is 2.38. The Morgan fingerprint density at radius 1 is 1.11 bits per heavy atom. The molecule has 0 saturated carbocycles. The molecule has 0 spiro atoms. The van der Waals surface area contributed by atoms with E-state index in [0.29, 0.717) is 28.5 Å². The van der Waals surface area contributed by atoms with Gasteiger partial charge in [0, 0.05) is 18.8 Å². The SMILES string of the molecule is N#Cc1c(Nc2ccccc2)sc(C(=O)N2CCc3ccccc3C2)c1N. The maximum absolute atomic E-state index is 13.1. The Hall–Kier alpha value is -3.30. The standard InChI is InChI=1S/C21H18N4OS/c22-12-17-18(23)19(27-20(17)24-16-8-2-1-3-9-16)21(26)25-11-10-14-6-4-5-7-15(14)13-25/h1-9,24H,10-11,13,23H2. The number of carbonyl (C=O) groups is 1. The van der Waals surface area contributed by atoms with Gasteiger partial charge in [-0.05, 0) is 29.7 Å². The minimum atomic E-state index is -0.121. The zero-order valence-corrected chi connectivity index (χ0v) is 15.4. The fourth-order valence-corrected chi connectivity index (χ4v) is 4.33. The van der Waals surface area contributed by atoms with Crippen molar-refractivity contribution in [2.24, 2.45) is 0 Å². The molecule has 134 valence electrons. The molecule has 1 aliphatic rings. The summed E-state index contributed by atoms with van der Waals surface area (Å²) >= 11 is 1.24. The van der Waals surface area contributed by atoms with Crippen molar-refractivity contribution in [2.45, 2.75) is 13.0 Å². The number of amides is 1. The van der Waals surface area contributed by atoms with Crippen LogP contribution in [-0.4, -0.2) is 17.4 Å². The van der Waals surface area contributed by atoms with Gasteiger partial charge in [0.15, 0.2) is 0 Å². The Labute approximate surface area is 161 Å². The van der Waals surface area contributed by atoms with E-state index < -0.39 is 0 Å². The molecule has 1 aromatic heterocycles. The zero-order chi connectivity index (χ0) is 18.8. The predicted octanol–water partition coefficient (Wildman–Crippen LogP) is 4.14. The van der Waals surface area contributed by atoms with E-state index in [4.69, 9.17) is 5.73 Å². The van der Waals surface area contributed by atoms with Gasteiger partial charge in [0.1, 0.15) is 21.5 Å². The van der Waals surface area contributed by atoms with E-state index in [1.807, 2.05) is 42.5 Å². The van der Waals surface area contributed by atoms with Crippen LogP contribution < -0.4 is 11.1 Å². The summed E-state index contributed by atoms with van der Waals surface area (Å²) in [6.45, 7) is 1.21. The summed E-state index contributed by atoms with van der Waals surface area (Å²) in [5.74, 6) is -0.121. The van der Waals surface area contributed by atoms with Gasteiger partial charge in [0.05, 0.1) is 5.69 Å². The van der Waals surface area contributed by atoms with E-state index in [2.05, 4.69) is 23.5 Å². The van der Waals surface area contributed by atoms with Crippen molar-refractivity contribution in [2.75, 3.05) is 17.6 Å². The number of carbonyl (C=O) groups excluding carboxylic acids is 1. The molecule has 2 aromatic carbocycles. The minimum Gasteiger partial charge on any atom is -0.396 e. The Morgan fingerprint density at radius 3 is 2.56 bits per heavy atom. The van der Waals surface area contributed by atoms with Crippen molar-refractivity contribution in [1.29, 1.82) is 5.26 Å². The molecule has 0 atom stereocenters. The van der Waals surface area contributed by atoms with Crippen LogP contribution in [0.3, 0.4) is 0 Å². The number of thiophene rings is 1. The van der Waals surface area contributed by atoms with Crippen LogP contribution in [0.15, 0.2) is 54.6 Å². The first-order chi connectivity index (χ1) is 13.2. The normalized spacial score (nSPS) is 12.9. The molecule has 3 aromatic rings. The van der Waals surface area contributed by atoms with E-state index in [-0.39, 0.29) is 11.6 Å². The number of para-hydroxylation sites is 1. The molecule has 1 amide bonds. The summed E-state index contributed by atoms with van der Waals surface area (Å²) in [7, 11) is 0. The summed E-state index contributed by atoms with van der Waals surface area (Å²) in [5, 5.41) is 13.3. The van der Waals surface area contributed by atoms with Crippen LogP contribution >= 0.6 is 11.3 Å². The first-order valence-electron chi connectivity index (χ1n) is 8.68. The highest BCUT2D eigenvalue weighted by Gasteiger charge is 2.27. The number of nitrogens with two attached hydrogens (primary N) is 1. The maximum Gasteiger partial charge on any atom is 0.266 e. The number of fused-ring (bicyclic) bond motifs is 1. The van der Waals surface area contributed by atoms with Gasteiger partial charge < -0.3 is 16.0 Å². The monoisotopic (exact) mass is 374 g/mol. The molecule has 0 aliphatic carbocycles. The van der Waals surface area contributed by atoms with Crippen LogP contribution in [0.5, 0.6) is 0 Å². The molecular weight excluding hydrogens is 356 g/mol. The smallest absolute Gasteiger partial charge is 0.266 e. The van der Waals surface area contributed by atoms with Gasteiger partial charge in [0.2, 0.25) is 0 Å². The molecule has 0 radical (unpaired) electrons. The van der Waals surface area contributed by atoms with Crippen LogP contribution in [0.1, 0.15) is 26.4 Å². The van der Waals surface area contributed by atoms with Crippen LogP contribution in [0.25, 0.3) is 0 Å². The lowest BCUT2D eigenvalue weighted by atomic mass is 10.00. The van der Waals surface area contributed by atoms with Gasteiger partial charge in [-0.3, -0.25) is 4.79 Å². The number of nitrogens with zero attached hydrogens (tertiary/aromatic N) is 2. The summed E-state index contributed by atoms with van der Waals surface area (Å²) in [4.78, 5) is 15.3. The van der Waals surface area contributed by atoms with E-state index >= 15 is 0 Å². The summed E-state index contributed by atoms with van der Waals surface area (Å²) < 4.78 is 0. The second-order valence-electron chi connectivity index (χ2n) is 6.40. The van der Waals surface area contributed by atoms with Crippen molar-refractivity contribution in [1.82, 2.24) is 4.90 Å². The molecule has 0 saturated heterocycles. The summed E-state index contributed by atoms with van der Waals surface area (Å²) in [6.07, 6.45) is 0.827. The molecule has 3 N–H and O–H groups in total. The Bertz CT molecular complexity index is 1040. The molecule has 6 heteroatoms. The van der Waals surface area contributed by atoms with Crippen molar-refractivity contribution in [3.05, 3.63) is 76.2 Å². The number of rotatable bonds is 3. The van der Waals surface area contributed by atoms with Crippen molar-refractivity contribution < 1.29 is 4.79 Å². The van der Waals surface area contributed by atoms with Gasteiger partial charge >= 0.3 is 0 Å². The molecule has 27 heavy (non-hydrogen) atoms. The van der Waals surface area contributed by atoms with Gasteiger partial charge in [-0.15, -0.1) is 11.3 Å². The molecule has 4 rings (SSSR count). The summed E-state index contributed by atoms with van der Waals surface area (Å²) in [6, 6.07) is 19.8. The quantitative estimate of drug-likeness (QED) is 0.722. The minimum absolute atomic E-state index is 0.121. The number of hydrogen-bond acceptors (Lipinski definition) is 5. The Morgan fingerprint density at radius 2 is 1.81 bits per heavy atom. The van der Waals surface area contributed by atoms with E-state index in [0.717, 1.165) is 17.7 Å². The zero-order valence-electron chi connectivity index (χ0n) is 14.6. The second kappa shape index (κ2) is 7.14. The number of benzene rings is 2. The van der Waals surface area contributed by atoms with Crippen molar-refractivity contribution >= 4 is 33.6 Å². The van der Waals surface area contributed by atoms with Gasteiger partial charge in [-0.1, -0.05) is 42.5 Å². The average molecular weight is 374 g/mol. The first kappa shape index (κ1) is 17.1. The fourth-order valence-electron chi connectivity index (χ4n) is 3.27. The molecule has 0 fully saturated rings. The third kappa shape index (κ3) is 3.25. The number of anilines is 3. The van der Waals surface area contributed by atoms with Gasteiger partial charge in [-0.25, -0.2) is 0 Å². The van der Waals surface area contributed by atoms with Crippen molar-refractivity contribution in [3.8, 4) is 6.07 Å². The van der Waals surface area contributed by atoms with E-state index in [1.165, 1.54) is 16.9 Å². The molecule has 5 nitrogen and oxygen atoms in total. The number of nitriles is 1. The summed E-state index contributed by atoms with van der Waals surface area (Å²) in [5.41, 5.74) is 10.0. The number of nitrogen functional groups attached to an aromatic ring is 1. The van der Waals surface area contributed by atoms with Gasteiger partial charge in [-0.2, -0.15) is 5.26 Å². The van der Waals surface area contributed by atoms with Crippen LogP contribution in [0, 0.1) is 11.3 Å². The lowest BCUT2D eigenvalue weighted by Gasteiger charge is -2.28.